The summed E-state index contributed by atoms with van der Waals surface area (Å²) >= 11 is 3.32. The molecule has 3 nitrogen and oxygen atoms in total. The topological polar surface area (TPSA) is 32.7 Å². The normalized spacial score (nSPS) is 11.0. The van der Waals surface area contributed by atoms with Crippen LogP contribution in [-0.2, 0) is 11.3 Å². The maximum Gasteiger partial charge on any atom is 0.134 e. The molecule has 0 unspecified atom stereocenters. The molecule has 0 fully saturated rings. The number of rotatable bonds is 6. The third-order valence-corrected chi connectivity index (χ3v) is 3.16. The van der Waals surface area contributed by atoms with Gasteiger partial charge in [0.2, 0.25) is 0 Å². The Morgan fingerprint density at radius 2 is 2.19 bits per heavy atom. The van der Waals surface area contributed by atoms with Crippen molar-refractivity contribution in [3.05, 3.63) is 28.2 Å². The zero-order chi connectivity index (χ0) is 12.0. The summed E-state index contributed by atoms with van der Waals surface area (Å²) in [7, 11) is 1.70. The van der Waals surface area contributed by atoms with Gasteiger partial charge in [-0.05, 0) is 28.5 Å². The lowest BCUT2D eigenvalue weighted by Gasteiger charge is -2.20. The Kier molecular flexibility index (Phi) is 5.80. The lowest BCUT2D eigenvalue weighted by atomic mass is 10.2. The van der Waals surface area contributed by atoms with Crippen molar-refractivity contribution in [3.8, 4) is 5.75 Å². The number of phenolic OH excluding ortho intramolecular Hbond substituents is 1. The number of ether oxygens (including phenoxy) is 1. The van der Waals surface area contributed by atoms with Crippen LogP contribution in [0.1, 0.15) is 12.5 Å². The van der Waals surface area contributed by atoms with Crippen molar-refractivity contribution < 1.29 is 9.84 Å². The first-order valence-corrected chi connectivity index (χ1v) is 6.16. The van der Waals surface area contributed by atoms with E-state index >= 15 is 0 Å². The van der Waals surface area contributed by atoms with Gasteiger partial charge in [-0.2, -0.15) is 0 Å². The number of likely N-dealkylation sites (N-methyl/N-ethyl adjacent to an activating group) is 1. The van der Waals surface area contributed by atoms with E-state index in [1.165, 1.54) is 0 Å². The van der Waals surface area contributed by atoms with Crippen LogP contribution in [-0.4, -0.2) is 36.8 Å². The van der Waals surface area contributed by atoms with Crippen LogP contribution in [0.5, 0.6) is 5.75 Å². The van der Waals surface area contributed by atoms with Crippen molar-refractivity contribution in [2.24, 2.45) is 0 Å². The first kappa shape index (κ1) is 13.5. The largest absolute Gasteiger partial charge is 0.506 e. The predicted molar refractivity (Wildman–Crippen MR) is 68.6 cm³/mol. The quantitative estimate of drug-likeness (QED) is 0.873. The number of para-hydroxylation sites is 1. The monoisotopic (exact) mass is 287 g/mol. The highest BCUT2D eigenvalue weighted by atomic mass is 79.9. The molecule has 0 spiro atoms. The Morgan fingerprint density at radius 1 is 1.44 bits per heavy atom. The van der Waals surface area contributed by atoms with Crippen LogP contribution in [0.15, 0.2) is 22.7 Å². The molecular formula is C12H18BrNO2. The summed E-state index contributed by atoms with van der Waals surface area (Å²) in [5.74, 6) is 0.332. The molecule has 0 aliphatic heterocycles. The maximum absolute atomic E-state index is 9.86. The van der Waals surface area contributed by atoms with Gasteiger partial charge in [0, 0.05) is 25.8 Å². The molecule has 0 aliphatic rings. The van der Waals surface area contributed by atoms with E-state index in [-0.39, 0.29) is 0 Å². The molecule has 0 aromatic heterocycles. The van der Waals surface area contributed by atoms with Crippen LogP contribution in [0.25, 0.3) is 0 Å². The SMILES string of the molecule is CCN(CCOC)Cc1cccc(Br)c1O. The van der Waals surface area contributed by atoms with Crippen molar-refractivity contribution >= 4 is 15.9 Å². The fourth-order valence-corrected chi connectivity index (χ4v) is 1.91. The summed E-state index contributed by atoms with van der Waals surface area (Å²) in [4.78, 5) is 2.23. The van der Waals surface area contributed by atoms with Gasteiger partial charge in [0.1, 0.15) is 5.75 Å². The molecule has 90 valence electrons. The molecule has 0 aliphatic carbocycles. The van der Waals surface area contributed by atoms with Gasteiger partial charge in [-0.3, -0.25) is 4.90 Å². The molecule has 0 saturated heterocycles. The Balaban J connectivity index is 2.66. The zero-order valence-corrected chi connectivity index (χ0v) is 11.3. The molecule has 1 aromatic carbocycles. The Morgan fingerprint density at radius 3 is 2.81 bits per heavy atom. The molecule has 1 aromatic rings. The van der Waals surface area contributed by atoms with Gasteiger partial charge in [0.15, 0.2) is 0 Å². The smallest absolute Gasteiger partial charge is 0.134 e. The van der Waals surface area contributed by atoms with Crippen molar-refractivity contribution in [2.75, 3.05) is 26.8 Å². The lowest BCUT2D eigenvalue weighted by Crippen LogP contribution is -2.26. The Labute approximate surface area is 105 Å². The second-order valence-electron chi connectivity index (χ2n) is 3.61. The fourth-order valence-electron chi connectivity index (χ4n) is 1.50. The molecule has 0 radical (unpaired) electrons. The van der Waals surface area contributed by atoms with E-state index in [1.54, 1.807) is 7.11 Å². The highest BCUT2D eigenvalue weighted by molar-refractivity contribution is 9.10. The van der Waals surface area contributed by atoms with E-state index in [0.717, 1.165) is 29.7 Å². The van der Waals surface area contributed by atoms with E-state index in [2.05, 4.69) is 27.8 Å². The highest BCUT2D eigenvalue weighted by Gasteiger charge is 2.08. The van der Waals surface area contributed by atoms with Crippen molar-refractivity contribution in [3.63, 3.8) is 0 Å². The molecule has 1 N–H and O–H groups in total. The van der Waals surface area contributed by atoms with Gasteiger partial charge in [-0.25, -0.2) is 0 Å². The lowest BCUT2D eigenvalue weighted by molar-refractivity contribution is 0.147. The molecule has 0 amide bonds. The van der Waals surface area contributed by atoms with Crippen LogP contribution >= 0.6 is 15.9 Å². The number of hydrogen-bond donors (Lipinski definition) is 1. The second-order valence-corrected chi connectivity index (χ2v) is 4.46. The van der Waals surface area contributed by atoms with Crippen LogP contribution in [0, 0.1) is 0 Å². The molecule has 0 bridgehead atoms. The zero-order valence-electron chi connectivity index (χ0n) is 9.74. The fraction of sp³-hybridized carbons (Fsp3) is 0.500. The highest BCUT2D eigenvalue weighted by Crippen LogP contribution is 2.28. The molecule has 1 rings (SSSR count). The van der Waals surface area contributed by atoms with Gasteiger partial charge in [-0.1, -0.05) is 19.1 Å². The van der Waals surface area contributed by atoms with Gasteiger partial charge >= 0.3 is 0 Å². The second kappa shape index (κ2) is 6.89. The third kappa shape index (κ3) is 3.77. The molecule has 0 heterocycles. The molecular weight excluding hydrogens is 270 g/mol. The minimum atomic E-state index is 0.332. The number of methoxy groups -OCH3 is 1. The van der Waals surface area contributed by atoms with E-state index in [0.29, 0.717) is 12.4 Å². The summed E-state index contributed by atoms with van der Waals surface area (Å²) in [6.45, 7) is 5.37. The number of benzene rings is 1. The Hall–Kier alpha value is -0.580. The van der Waals surface area contributed by atoms with E-state index in [4.69, 9.17) is 4.74 Å². The van der Waals surface area contributed by atoms with Crippen molar-refractivity contribution in [2.45, 2.75) is 13.5 Å². The summed E-state index contributed by atoms with van der Waals surface area (Å²) < 4.78 is 5.80. The number of hydrogen-bond acceptors (Lipinski definition) is 3. The average Bonchev–Trinajstić information content (AvgIpc) is 2.30. The third-order valence-electron chi connectivity index (χ3n) is 2.52. The minimum absolute atomic E-state index is 0.332. The van der Waals surface area contributed by atoms with Crippen LogP contribution in [0.4, 0.5) is 0 Å². The first-order valence-electron chi connectivity index (χ1n) is 5.36. The first-order chi connectivity index (χ1) is 7.69. The van der Waals surface area contributed by atoms with Crippen LogP contribution in [0.2, 0.25) is 0 Å². The summed E-state index contributed by atoms with van der Waals surface area (Å²) in [5, 5.41) is 9.86. The summed E-state index contributed by atoms with van der Waals surface area (Å²) in [6.07, 6.45) is 0. The van der Waals surface area contributed by atoms with Crippen LogP contribution < -0.4 is 0 Å². The number of nitrogens with zero attached hydrogens (tertiary/aromatic N) is 1. The van der Waals surface area contributed by atoms with Crippen molar-refractivity contribution in [1.82, 2.24) is 4.90 Å². The van der Waals surface area contributed by atoms with E-state index < -0.39 is 0 Å². The van der Waals surface area contributed by atoms with Gasteiger partial charge in [-0.15, -0.1) is 0 Å². The van der Waals surface area contributed by atoms with Crippen LogP contribution in [0.3, 0.4) is 0 Å². The molecule has 16 heavy (non-hydrogen) atoms. The molecule has 0 atom stereocenters. The van der Waals surface area contributed by atoms with E-state index in [9.17, 15) is 5.11 Å². The number of halogens is 1. The predicted octanol–water partition coefficient (Wildman–Crippen LogP) is 2.62. The number of aromatic hydroxyl groups is 1. The van der Waals surface area contributed by atoms with Gasteiger partial charge in [0.05, 0.1) is 11.1 Å². The van der Waals surface area contributed by atoms with Gasteiger partial charge < -0.3 is 9.84 Å². The van der Waals surface area contributed by atoms with E-state index in [1.807, 2.05) is 18.2 Å². The average molecular weight is 288 g/mol. The summed E-state index contributed by atoms with van der Waals surface area (Å²) in [5.41, 5.74) is 0.937. The number of phenols is 1. The minimum Gasteiger partial charge on any atom is -0.506 e. The Bertz CT molecular complexity index is 331. The standard InChI is InChI=1S/C12H18BrNO2/c1-3-14(7-8-16-2)9-10-5-4-6-11(13)12(10)15/h4-6,15H,3,7-9H2,1-2H3. The van der Waals surface area contributed by atoms with Crippen molar-refractivity contribution in [1.29, 1.82) is 0 Å². The molecule has 4 heteroatoms. The summed E-state index contributed by atoms with van der Waals surface area (Å²) in [6, 6.07) is 5.71. The maximum atomic E-state index is 9.86. The molecule has 0 saturated carbocycles. The van der Waals surface area contributed by atoms with Gasteiger partial charge in [0.25, 0.3) is 0 Å².